The van der Waals surface area contributed by atoms with Crippen LogP contribution in [0.3, 0.4) is 0 Å². The Morgan fingerprint density at radius 1 is 1.18 bits per heavy atom. The third kappa shape index (κ3) is 6.44. The molecule has 0 radical (unpaired) electrons. The lowest BCUT2D eigenvalue weighted by Crippen LogP contribution is -2.36. The van der Waals surface area contributed by atoms with Crippen molar-refractivity contribution < 1.29 is 22.7 Å². The first-order valence-electron chi connectivity index (χ1n) is 11.0. The number of rotatable bonds is 8. The van der Waals surface area contributed by atoms with Gasteiger partial charge in [0.2, 0.25) is 5.91 Å². The summed E-state index contributed by atoms with van der Waals surface area (Å²) >= 11 is 0. The number of carbonyl (C=O) groups is 1. The first-order valence-corrected chi connectivity index (χ1v) is 11.0. The van der Waals surface area contributed by atoms with Gasteiger partial charge in [0.05, 0.1) is 6.54 Å². The van der Waals surface area contributed by atoms with E-state index in [0.29, 0.717) is 48.8 Å². The third-order valence-corrected chi connectivity index (χ3v) is 5.70. The van der Waals surface area contributed by atoms with Crippen LogP contribution in [-0.2, 0) is 17.8 Å². The van der Waals surface area contributed by atoms with Gasteiger partial charge < -0.3 is 19.9 Å². The second-order valence-electron chi connectivity index (χ2n) is 8.15. The van der Waals surface area contributed by atoms with Crippen molar-refractivity contribution in [3.05, 3.63) is 54.0 Å². The van der Waals surface area contributed by atoms with Gasteiger partial charge in [-0.1, -0.05) is 12.1 Å². The van der Waals surface area contributed by atoms with Gasteiger partial charge in [-0.25, -0.2) is 9.97 Å². The fourth-order valence-electron chi connectivity index (χ4n) is 4.00. The number of halogens is 3. The number of aromatic nitrogens is 3. The summed E-state index contributed by atoms with van der Waals surface area (Å²) in [6, 6.07) is 9.35. The van der Waals surface area contributed by atoms with Gasteiger partial charge in [-0.2, -0.15) is 0 Å². The second kappa shape index (κ2) is 10.2. The number of nitrogens with zero attached hydrogens (tertiary/aromatic N) is 3. The molecule has 4 rings (SSSR count). The number of piperidine rings is 1. The van der Waals surface area contributed by atoms with Gasteiger partial charge in [0.15, 0.2) is 5.65 Å². The SMILES string of the molecule is O=C(CCc1nc2cccnc2n1Cc1ccc(OC(F)(F)F)cc1)NCC1CCNCC1. The van der Waals surface area contributed by atoms with Crippen molar-refractivity contribution in [2.75, 3.05) is 19.6 Å². The lowest BCUT2D eigenvalue weighted by Gasteiger charge is -2.22. The summed E-state index contributed by atoms with van der Waals surface area (Å²) in [7, 11) is 0. The maximum absolute atomic E-state index is 12.4. The number of aryl methyl sites for hydroxylation is 1. The van der Waals surface area contributed by atoms with E-state index in [1.807, 2.05) is 10.6 Å². The maximum atomic E-state index is 12.4. The van der Waals surface area contributed by atoms with Crippen molar-refractivity contribution in [1.82, 2.24) is 25.2 Å². The predicted octanol–water partition coefficient (Wildman–Crippen LogP) is 3.43. The zero-order valence-electron chi connectivity index (χ0n) is 18.1. The fraction of sp³-hybridized carbons (Fsp3) is 0.435. The van der Waals surface area contributed by atoms with E-state index in [9.17, 15) is 18.0 Å². The standard InChI is InChI=1S/C23H26F3N5O2/c24-23(25,26)33-18-5-3-17(4-6-18)15-31-20(30-19-2-1-11-28-22(19)31)7-8-21(32)29-14-16-9-12-27-13-10-16/h1-6,11,16,27H,7-10,12-15H2,(H,29,32). The topological polar surface area (TPSA) is 81.1 Å². The Morgan fingerprint density at radius 3 is 2.67 bits per heavy atom. The lowest BCUT2D eigenvalue weighted by atomic mass is 9.98. The molecule has 3 aromatic rings. The Labute approximate surface area is 189 Å². The molecule has 2 N–H and O–H groups in total. The van der Waals surface area contributed by atoms with Gasteiger partial charge in [0.1, 0.15) is 17.1 Å². The number of benzene rings is 1. The Morgan fingerprint density at radius 2 is 1.94 bits per heavy atom. The molecular formula is C23H26F3N5O2. The number of carbonyl (C=O) groups excluding carboxylic acids is 1. The van der Waals surface area contributed by atoms with E-state index < -0.39 is 6.36 Å². The predicted molar refractivity (Wildman–Crippen MR) is 117 cm³/mol. The molecule has 1 aliphatic rings. The van der Waals surface area contributed by atoms with Gasteiger partial charge in [0.25, 0.3) is 0 Å². The number of ether oxygens (including phenoxy) is 1. The fourth-order valence-corrected chi connectivity index (χ4v) is 4.00. The summed E-state index contributed by atoms with van der Waals surface area (Å²) in [4.78, 5) is 21.5. The molecule has 2 aromatic heterocycles. The molecule has 1 saturated heterocycles. The summed E-state index contributed by atoms with van der Waals surface area (Å²) in [5.41, 5.74) is 2.14. The zero-order valence-corrected chi connectivity index (χ0v) is 18.1. The number of amides is 1. The van der Waals surface area contributed by atoms with Crippen LogP contribution in [0.25, 0.3) is 11.2 Å². The summed E-state index contributed by atoms with van der Waals surface area (Å²) < 4.78 is 43.1. The highest BCUT2D eigenvalue weighted by atomic mass is 19.4. The van der Waals surface area contributed by atoms with Crippen molar-refractivity contribution in [3.63, 3.8) is 0 Å². The molecule has 10 heteroatoms. The van der Waals surface area contributed by atoms with E-state index in [1.54, 1.807) is 24.4 Å². The van der Waals surface area contributed by atoms with E-state index in [-0.39, 0.29) is 11.7 Å². The summed E-state index contributed by atoms with van der Waals surface area (Å²) in [5.74, 6) is 0.920. The smallest absolute Gasteiger partial charge is 0.406 e. The normalized spacial score (nSPS) is 15.0. The maximum Gasteiger partial charge on any atom is 0.573 e. The third-order valence-electron chi connectivity index (χ3n) is 5.70. The molecule has 0 aliphatic carbocycles. The molecule has 1 amide bonds. The molecule has 1 aromatic carbocycles. The Kier molecular flexibility index (Phi) is 7.12. The van der Waals surface area contributed by atoms with Gasteiger partial charge in [-0.15, -0.1) is 13.2 Å². The summed E-state index contributed by atoms with van der Waals surface area (Å²) in [5, 5.41) is 6.34. The van der Waals surface area contributed by atoms with E-state index in [4.69, 9.17) is 0 Å². The molecular weight excluding hydrogens is 435 g/mol. The zero-order chi connectivity index (χ0) is 23.3. The molecule has 0 spiro atoms. The largest absolute Gasteiger partial charge is 0.573 e. The van der Waals surface area contributed by atoms with Gasteiger partial charge in [-0.05, 0) is 61.7 Å². The van der Waals surface area contributed by atoms with E-state index in [2.05, 4.69) is 25.3 Å². The van der Waals surface area contributed by atoms with Crippen LogP contribution < -0.4 is 15.4 Å². The Bertz CT molecular complexity index is 1080. The van der Waals surface area contributed by atoms with Crippen molar-refractivity contribution >= 4 is 17.1 Å². The van der Waals surface area contributed by atoms with Crippen LogP contribution in [0, 0.1) is 5.92 Å². The monoisotopic (exact) mass is 461 g/mol. The van der Waals surface area contributed by atoms with Crippen LogP contribution in [0.15, 0.2) is 42.6 Å². The van der Waals surface area contributed by atoms with Crippen LogP contribution in [0.1, 0.15) is 30.7 Å². The quantitative estimate of drug-likeness (QED) is 0.537. The average Bonchev–Trinajstić information content (AvgIpc) is 3.14. The van der Waals surface area contributed by atoms with Gasteiger partial charge in [0, 0.05) is 25.6 Å². The van der Waals surface area contributed by atoms with Gasteiger partial charge >= 0.3 is 6.36 Å². The highest BCUT2D eigenvalue weighted by molar-refractivity contribution is 5.76. The number of alkyl halides is 3. The minimum absolute atomic E-state index is 0.0197. The molecule has 0 bridgehead atoms. The number of imidazole rings is 1. The molecule has 7 nitrogen and oxygen atoms in total. The van der Waals surface area contributed by atoms with Crippen molar-refractivity contribution in [3.8, 4) is 5.75 Å². The average molecular weight is 461 g/mol. The molecule has 33 heavy (non-hydrogen) atoms. The number of nitrogens with one attached hydrogen (secondary N) is 2. The first kappa shape index (κ1) is 23.0. The van der Waals surface area contributed by atoms with Crippen LogP contribution in [0.2, 0.25) is 0 Å². The number of fused-ring (bicyclic) bond motifs is 1. The van der Waals surface area contributed by atoms with Crippen molar-refractivity contribution in [2.45, 2.75) is 38.6 Å². The Hall–Kier alpha value is -3.14. The van der Waals surface area contributed by atoms with Gasteiger partial charge in [-0.3, -0.25) is 4.79 Å². The summed E-state index contributed by atoms with van der Waals surface area (Å²) in [6.45, 7) is 3.03. The van der Waals surface area contributed by atoms with Crippen LogP contribution in [0.5, 0.6) is 5.75 Å². The first-order chi connectivity index (χ1) is 15.9. The van der Waals surface area contributed by atoms with E-state index >= 15 is 0 Å². The molecule has 0 saturated carbocycles. The number of pyridine rings is 1. The molecule has 3 heterocycles. The molecule has 1 fully saturated rings. The Balaban J connectivity index is 1.42. The summed E-state index contributed by atoms with van der Waals surface area (Å²) in [6.07, 6.45) is -0.205. The van der Waals surface area contributed by atoms with Crippen LogP contribution in [0.4, 0.5) is 13.2 Å². The molecule has 0 unspecified atom stereocenters. The molecule has 176 valence electrons. The minimum atomic E-state index is -4.73. The van der Waals surface area contributed by atoms with Crippen molar-refractivity contribution in [2.24, 2.45) is 5.92 Å². The number of hydrogen-bond donors (Lipinski definition) is 2. The molecule has 1 aliphatic heterocycles. The lowest BCUT2D eigenvalue weighted by molar-refractivity contribution is -0.274. The van der Waals surface area contributed by atoms with E-state index in [1.165, 1.54) is 12.1 Å². The molecule has 0 atom stereocenters. The van der Waals surface area contributed by atoms with Crippen LogP contribution >= 0.6 is 0 Å². The highest BCUT2D eigenvalue weighted by Gasteiger charge is 2.31. The van der Waals surface area contributed by atoms with Crippen molar-refractivity contribution in [1.29, 1.82) is 0 Å². The van der Waals surface area contributed by atoms with E-state index in [0.717, 1.165) is 31.5 Å². The second-order valence-corrected chi connectivity index (χ2v) is 8.15. The highest BCUT2D eigenvalue weighted by Crippen LogP contribution is 2.24. The number of hydrogen-bond acceptors (Lipinski definition) is 5. The van der Waals surface area contributed by atoms with Crippen LogP contribution in [-0.4, -0.2) is 46.4 Å². The minimum Gasteiger partial charge on any atom is -0.406 e.